The molecule has 8 aromatic carbocycles. The zero-order valence-electron chi connectivity index (χ0n) is 34.9. The lowest BCUT2D eigenvalue weighted by Crippen LogP contribution is -1.98. The highest BCUT2D eigenvalue weighted by molar-refractivity contribution is 7.26. The largest absolute Gasteiger partial charge is 0.228 e. The van der Waals surface area contributed by atoms with Crippen molar-refractivity contribution in [2.45, 2.75) is 19.3 Å². The third-order valence-electron chi connectivity index (χ3n) is 13.0. The number of hydrogen-bond acceptors (Lipinski definition) is 5. The molecule has 1 aliphatic carbocycles. The van der Waals surface area contributed by atoms with Crippen LogP contribution in [-0.4, -0.2) is 9.97 Å². The second-order valence-corrected chi connectivity index (χ2v) is 20.2. The van der Waals surface area contributed by atoms with E-state index in [0.29, 0.717) is 11.7 Å². The Hall–Kier alpha value is -7.02. The third-order valence-corrected chi connectivity index (χ3v) is 16.4. The zero-order chi connectivity index (χ0) is 42.3. The number of fused-ring (bicyclic) bond motifs is 9. The van der Waals surface area contributed by atoms with Crippen LogP contribution in [0.4, 0.5) is 0 Å². The van der Waals surface area contributed by atoms with Gasteiger partial charge < -0.3 is 0 Å². The molecule has 0 bridgehead atoms. The molecule has 1 atom stereocenters. The molecule has 13 rings (SSSR count). The van der Waals surface area contributed by atoms with E-state index in [4.69, 9.17) is 9.97 Å². The van der Waals surface area contributed by atoms with Crippen molar-refractivity contribution in [3.63, 3.8) is 0 Å². The Balaban J connectivity index is 0.984. The minimum Gasteiger partial charge on any atom is -0.228 e. The summed E-state index contributed by atoms with van der Waals surface area (Å²) in [6.07, 6.45) is 5.71. The van der Waals surface area contributed by atoms with E-state index < -0.39 is 0 Å². The Morgan fingerprint density at radius 1 is 0.391 bits per heavy atom. The molecule has 0 saturated heterocycles. The van der Waals surface area contributed by atoms with Gasteiger partial charge in [-0.3, -0.25) is 0 Å². The third kappa shape index (κ3) is 6.34. The fourth-order valence-corrected chi connectivity index (χ4v) is 13.1. The van der Waals surface area contributed by atoms with Crippen LogP contribution < -0.4 is 0 Å². The number of allylic oxidation sites excluding steroid dienone is 1. The van der Waals surface area contributed by atoms with Gasteiger partial charge in [0.2, 0.25) is 0 Å². The fraction of sp³-hybridized carbons (Fsp3) is 0.0508. The highest BCUT2D eigenvalue weighted by Crippen LogP contribution is 2.45. The molecular formula is C59H38N2S3. The first-order chi connectivity index (χ1) is 31.6. The molecule has 1 aliphatic rings. The second-order valence-electron chi connectivity index (χ2n) is 16.9. The summed E-state index contributed by atoms with van der Waals surface area (Å²) in [6, 6.07) is 66.7. The van der Waals surface area contributed by atoms with Crippen molar-refractivity contribution < 1.29 is 0 Å². The van der Waals surface area contributed by atoms with Crippen molar-refractivity contribution in [3.8, 4) is 67.3 Å². The summed E-state index contributed by atoms with van der Waals surface area (Å²) in [4.78, 5) is 12.1. The molecule has 2 nitrogen and oxygen atoms in total. The first kappa shape index (κ1) is 37.5. The Kier molecular flexibility index (Phi) is 8.83. The molecule has 12 aromatic rings. The molecule has 302 valence electrons. The van der Waals surface area contributed by atoms with Gasteiger partial charge in [-0.05, 0) is 123 Å². The normalized spacial score (nSPS) is 13.7. The minimum atomic E-state index is 0.483. The standard InChI is InChI=1S/C59H38N2S3/c1-35-10-9-17-57-58(35)49-33-42(25-29-56(49)64-57)43-26-22-40(41-24-28-55-48(32-41)45-14-6-8-16-53(45)63-55)30-46(43)51-34-50(60-59(61-51)38-11-3-2-4-12-38)37-20-18-36(19-21-37)39-23-27-54-47(31-39)44-13-5-7-15-52(44)62-54/h2-9,11-35H,10H2,1H3. The predicted octanol–water partition coefficient (Wildman–Crippen LogP) is 17.9. The van der Waals surface area contributed by atoms with Gasteiger partial charge in [-0.2, -0.15) is 0 Å². The van der Waals surface area contributed by atoms with Gasteiger partial charge in [0, 0.05) is 66.6 Å². The fourth-order valence-electron chi connectivity index (χ4n) is 9.71. The molecule has 0 aliphatic heterocycles. The van der Waals surface area contributed by atoms with Gasteiger partial charge in [0.25, 0.3) is 0 Å². The minimum absolute atomic E-state index is 0.483. The van der Waals surface area contributed by atoms with E-state index in [1.165, 1.54) is 83.1 Å². The van der Waals surface area contributed by atoms with Gasteiger partial charge in [-0.1, -0.05) is 134 Å². The molecule has 0 amide bonds. The summed E-state index contributed by atoms with van der Waals surface area (Å²) in [7, 11) is 0. The zero-order valence-corrected chi connectivity index (χ0v) is 37.3. The van der Waals surface area contributed by atoms with Gasteiger partial charge in [0.05, 0.1) is 11.4 Å². The monoisotopic (exact) mass is 870 g/mol. The van der Waals surface area contributed by atoms with E-state index in [-0.39, 0.29) is 0 Å². The number of thiophene rings is 3. The maximum atomic E-state index is 5.44. The van der Waals surface area contributed by atoms with Crippen molar-refractivity contribution >= 4 is 90.5 Å². The van der Waals surface area contributed by atoms with E-state index in [9.17, 15) is 0 Å². The smallest absolute Gasteiger partial charge is 0.160 e. The number of benzene rings is 8. The molecule has 0 fully saturated rings. The highest BCUT2D eigenvalue weighted by atomic mass is 32.1. The van der Waals surface area contributed by atoms with Gasteiger partial charge in [0.1, 0.15) is 0 Å². The van der Waals surface area contributed by atoms with Crippen LogP contribution in [0.1, 0.15) is 29.7 Å². The topological polar surface area (TPSA) is 25.8 Å². The number of rotatable bonds is 6. The molecule has 64 heavy (non-hydrogen) atoms. The van der Waals surface area contributed by atoms with E-state index >= 15 is 0 Å². The Labute approximate surface area is 383 Å². The van der Waals surface area contributed by atoms with Crippen LogP contribution in [0.3, 0.4) is 0 Å². The van der Waals surface area contributed by atoms with Crippen molar-refractivity contribution in [2.24, 2.45) is 0 Å². The Morgan fingerprint density at radius 3 is 1.64 bits per heavy atom. The summed E-state index contributed by atoms with van der Waals surface area (Å²) in [5.74, 6) is 1.19. The lowest BCUT2D eigenvalue weighted by Gasteiger charge is -2.16. The second kappa shape index (κ2) is 15.1. The van der Waals surface area contributed by atoms with E-state index in [0.717, 1.165) is 45.6 Å². The molecule has 0 radical (unpaired) electrons. The van der Waals surface area contributed by atoms with E-state index in [1.807, 2.05) is 40.1 Å². The van der Waals surface area contributed by atoms with Crippen LogP contribution >= 0.6 is 34.0 Å². The van der Waals surface area contributed by atoms with Gasteiger partial charge >= 0.3 is 0 Å². The lowest BCUT2D eigenvalue weighted by molar-refractivity contribution is 0.783. The van der Waals surface area contributed by atoms with Crippen LogP contribution in [-0.2, 0) is 0 Å². The summed E-state index contributed by atoms with van der Waals surface area (Å²) in [5, 5.41) is 6.58. The first-order valence-corrected chi connectivity index (χ1v) is 24.3. The van der Waals surface area contributed by atoms with E-state index in [1.54, 1.807) is 0 Å². The first-order valence-electron chi connectivity index (χ1n) is 21.8. The number of aromatic nitrogens is 2. The molecule has 0 N–H and O–H groups in total. The summed E-state index contributed by atoms with van der Waals surface area (Å²) < 4.78 is 6.59. The van der Waals surface area contributed by atoms with Gasteiger partial charge in [-0.25, -0.2) is 9.97 Å². The molecule has 4 heterocycles. The molecule has 4 aromatic heterocycles. The Morgan fingerprint density at radius 2 is 0.922 bits per heavy atom. The molecule has 0 saturated carbocycles. The molecule has 5 heteroatoms. The maximum absolute atomic E-state index is 5.44. The molecule has 0 spiro atoms. The van der Waals surface area contributed by atoms with Gasteiger partial charge in [-0.15, -0.1) is 34.0 Å². The van der Waals surface area contributed by atoms with Crippen LogP contribution in [0.25, 0.3) is 124 Å². The highest BCUT2D eigenvalue weighted by Gasteiger charge is 2.21. The summed E-state index contributed by atoms with van der Waals surface area (Å²) in [5.41, 5.74) is 13.5. The summed E-state index contributed by atoms with van der Waals surface area (Å²) >= 11 is 5.61. The Bertz CT molecular complexity index is 3830. The number of nitrogens with zero attached hydrogens (tertiary/aromatic N) is 2. The van der Waals surface area contributed by atoms with Crippen molar-refractivity contribution in [2.75, 3.05) is 0 Å². The van der Waals surface area contributed by atoms with E-state index in [2.05, 4.69) is 195 Å². The number of hydrogen-bond donors (Lipinski definition) is 0. The van der Waals surface area contributed by atoms with Crippen LogP contribution in [0, 0.1) is 0 Å². The quantitative estimate of drug-likeness (QED) is 0.166. The SMILES string of the molecule is CC1CC=Cc2sc3ccc(-c4ccc(-c5ccc6sc7ccccc7c6c5)cc4-c4cc(-c5ccc(-c6ccc7sc8ccccc8c7c6)cc5)nc(-c5ccccc5)n4)cc3c21. The van der Waals surface area contributed by atoms with Crippen molar-refractivity contribution in [1.29, 1.82) is 0 Å². The van der Waals surface area contributed by atoms with Crippen molar-refractivity contribution in [3.05, 3.63) is 199 Å². The predicted molar refractivity (Wildman–Crippen MR) is 278 cm³/mol. The van der Waals surface area contributed by atoms with Crippen LogP contribution in [0.5, 0.6) is 0 Å². The lowest BCUT2D eigenvalue weighted by atomic mass is 9.88. The van der Waals surface area contributed by atoms with Crippen LogP contribution in [0.2, 0.25) is 0 Å². The average Bonchev–Trinajstić information content (AvgIpc) is 4.05. The van der Waals surface area contributed by atoms with Crippen molar-refractivity contribution in [1.82, 2.24) is 9.97 Å². The van der Waals surface area contributed by atoms with Gasteiger partial charge in [0.15, 0.2) is 5.82 Å². The van der Waals surface area contributed by atoms with Crippen LogP contribution in [0.15, 0.2) is 188 Å². The molecular weight excluding hydrogens is 833 g/mol. The maximum Gasteiger partial charge on any atom is 0.160 e. The molecule has 1 unspecified atom stereocenters. The average molecular weight is 871 g/mol. The summed E-state index contributed by atoms with van der Waals surface area (Å²) in [6.45, 7) is 2.36.